The molecule has 1 aliphatic carbocycles. The standard InChI is InChI=1S/C24H25NO5/c1-15(23(26)25-20-12-7-9-16-8-3-4-10-17(16)20)29-24(27)22-19(14-28-2)18-11-5-6-13-21(18)30-22/h3-6,8,10-11,13,15,20H,7,9,12,14H2,1-2H3,(H,25,26)/t15-,20+/m0/s1. The van der Waals surface area contributed by atoms with Crippen LogP contribution in [0.4, 0.5) is 0 Å². The molecule has 6 heteroatoms. The van der Waals surface area contributed by atoms with E-state index in [2.05, 4.69) is 11.4 Å². The average Bonchev–Trinajstić information content (AvgIpc) is 3.13. The second-order valence-corrected chi connectivity index (χ2v) is 7.54. The molecule has 1 aromatic heterocycles. The van der Waals surface area contributed by atoms with E-state index in [1.54, 1.807) is 20.1 Å². The molecule has 0 aliphatic heterocycles. The van der Waals surface area contributed by atoms with Crippen LogP contribution in [0.3, 0.4) is 0 Å². The quantitative estimate of drug-likeness (QED) is 0.616. The van der Waals surface area contributed by atoms with E-state index in [9.17, 15) is 9.59 Å². The molecule has 6 nitrogen and oxygen atoms in total. The Kier molecular flexibility index (Phi) is 5.86. The topological polar surface area (TPSA) is 77.8 Å². The number of hydrogen-bond acceptors (Lipinski definition) is 5. The molecule has 4 rings (SSSR count). The highest BCUT2D eigenvalue weighted by Gasteiger charge is 2.28. The van der Waals surface area contributed by atoms with Gasteiger partial charge in [0.05, 0.1) is 12.6 Å². The van der Waals surface area contributed by atoms with Gasteiger partial charge >= 0.3 is 5.97 Å². The fourth-order valence-electron chi connectivity index (χ4n) is 4.01. The Morgan fingerprint density at radius 3 is 2.77 bits per heavy atom. The number of aryl methyl sites for hydroxylation is 1. The van der Waals surface area contributed by atoms with Gasteiger partial charge < -0.3 is 19.2 Å². The number of benzene rings is 2. The summed E-state index contributed by atoms with van der Waals surface area (Å²) in [5.41, 5.74) is 3.58. The third-order valence-corrected chi connectivity index (χ3v) is 5.51. The summed E-state index contributed by atoms with van der Waals surface area (Å²) in [6, 6.07) is 15.4. The summed E-state index contributed by atoms with van der Waals surface area (Å²) < 4.78 is 16.4. The van der Waals surface area contributed by atoms with Crippen LogP contribution in [-0.4, -0.2) is 25.1 Å². The van der Waals surface area contributed by atoms with Gasteiger partial charge in [-0.05, 0) is 43.4 Å². The molecule has 30 heavy (non-hydrogen) atoms. The number of furan rings is 1. The van der Waals surface area contributed by atoms with Gasteiger partial charge in [0, 0.05) is 18.1 Å². The van der Waals surface area contributed by atoms with Gasteiger partial charge in [-0.3, -0.25) is 4.79 Å². The van der Waals surface area contributed by atoms with Crippen LogP contribution in [0.25, 0.3) is 11.0 Å². The first-order chi connectivity index (χ1) is 14.6. The first-order valence-corrected chi connectivity index (χ1v) is 10.2. The maximum absolute atomic E-state index is 12.8. The molecule has 0 radical (unpaired) electrons. The molecule has 1 heterocycles. The van der Waals surface area contributed by atoms with Crippen LogP contribution in [0.15, 0.2) is 52.9 Å². The molecule has 0 saturated carbocycles. The smallest absolute Gasteiger partial charge is 0.375 e. The van der Waals surface area contributed by atoms with Gasteiger partial charge in [-0.15, -0.1) is 0 Å². The first-order valence-electron chi connectivity index (χ1n) is 10.2. The SMILES string of the molecule is COCc1c(C(=O)O[C@@H](C)C(=O)N[C@@H]2CCCc3ccccc32)oc2ccccc12. The Hall–Kier alpha value is -3.12. The molecule has 156 valence electrons. The van der Waals surface area contributed by atoms with Crippen LogP contribution in [0.2, 0.25) is 0 Å². The maximum Gasteiger partial charge on any atom is 0.375 e. The fourth-order valence-corrected chi connectivity index (χ4v) is 4.01. The summed E-state index contributed by atoms with van der Waals surface area (Å²) in [5.74, 6) is -0.930. The second kappa shape index (κ2) is 8.71. The lowest BCUT2D eigenvalue weighted by Gasteiger charge is -2.27. The zero-order valence-electron chi connectivity index (χ0n) is 17.1. The van der Waals surface area contributed by atoms with Gasteiger partial charge in [-0.2, -0.15) is 0 Å². The van der Waals surface area contributed by atoms with E-state index in [0.717, 1.165) is 30.2 Å². The minimum Gasteiger partial charge on any atom is -0.449 e. The lowest BCUT2D eigenvalue weighted by Crippen LogP contribution is -2.39. The van der Waals surface area contributed by atoms with Crippen molar-refractivity contribution in [2.45, 2.75) is 44.9 Å². The van der Waals surface area contributed by atoms with Gasteiger partial charge in [0.2, 0.25) is 5.76 Å². The molecular formula is C24H25NO5. The number of hydrogen-bond donors (Lipinski definition) is 1. The van der Waals surface area contributed by atoms with Crippen LogP contribution < -0.4 is 5.32 Å². The van der Waals surface area contributed by atoms with Gasteiger partial charge in [0.15, 0.2) is 6.10 Å². The molecule has 0 fully saturated rings. The Balaban J connectivity index is 1.47. The third-order valence-electron chi connectivity index (χ3n) is 5.51. The molecule has 3 aromatic rings. The highest BCUT2D eigenvalue weighted by Crippen LogP contribution is 2.30. The van der Waals surface area contributed by atoms with Gasteiger partial charge in [0.1, 0.15) is 5.58 Å². The lowest BCUT2D eigenvalue weighted by atomic mass is 9.87. The number of fused-ring (bicyclic) bond motifs is 2. The summed E-state index contributed by atoms with van der Waals surface area (Å²) in [5, 5.41) is 3.82. The largest absolute Gasteiger partial charge is 0.449 e. The van der Waals surface area contributed by atoms with E-state index < -0.39 is 12.1 Å². The molecule has 1 N–H and O–H groups in total. The average molecular weight is 407 g/mol. The van der Waals surface area contributed by atoms with E-state index in [1.807, 2.05) is 36.4 Å². The molecule has 0 spiro atoms. The van der Waals surface area contributed by atoms with Crippen LogP contribution in [0.5, 0.6) is 0 Å². The summed E-state index contributed by atoms with van der Waals surface area (Å²) in [4.78, 5) is 25.5. The van der Waals surface area contributed by atoms with Crippen molar-refractivity contribution in [1.82, 2.24) is 5.32 Å². The number of methoxy groups -OCH3 is 1. The van der Waals surface area contributed by atoms with Crippen molar-refractivity contribution >= 4 is 22.8 Å². The number of para-hydroxylation sites is 1. The predicted octanol–water partition coefficient (Wildman–Crippen LogP) is 4.32. The number of carbonyl (C=O) groups is 2. The lowest BCUT2D eigenvalue weighted by molar-refractivity contribution is -0.130. The van der Waals surface area contributed by atoms with E-state index in [-0.39, 0.29) is 24.3 Å². The van der Waals surface area contributed by atoms with E-state index in [0.29, 0.717) is 11.1 Å². The van der Waals surface area contributed by atoms with Crippen LogP contribution in [-0.2, 0) is 27.3 Å². The van der Waals surface area contributed by atoms with Gasteiger partial charge in [-0.25, -0.2) is 4.79 Å². The number of esters is 1. The molecule has 1 aliphatic rings. The van der Waals surface area contributed by atoms with Crippen LogP contribution in [0, 0.1) is 0 Å². The molecular weight excluding hydrogens is 382 g/mol. The number of carbonyl (C=O) groups excluding carboxylic acids is 2. The van der Waals surface area contributed by atoms with Gasteiger partial charge in [-0.1, -0.05) is 42.5 Å². The Morgan fingerprint density at radius 1 is 1.17 bits per heavy atom. The number of rotatable bonds is 6. The predicted molar refractivity (Wildman–Crippen MR) is 112 cm³/mol. The molecule has 1 amide bonds. The van der Waals surface area contributed by atoms with Crippen molar-refractivity contribution in [2.24, 2.45) is 0 Å². The van der Waals surface area contributed by atoms with Crippen molar-refractivity contribution in [3.8, 4) is 0 Å². The summed E-state index contributed by atoms with van der Waals surface area (Å²) >= 11 is 0. The third kappa shape index (κ3) is 3.96. The van der Waals surface area contributed by atoms with E-state index >= 15 is 0 Å². The van der Waals surface area contributed by atoms with Crippen molar-refractivity contribution in [3.05, 3.63) is 71.0 Å². The van der Waals surface area contributed by atoms with Crippen molar-refractivity contribution < 1.29 is 23.5 Å². The molecule has 2 aromatic carbocycles. The maximum atomic E-state index is 12.8. The fraction of sp³-hybridized carbons (Fsp3) is 0.333. The number of amides is 1. The molecule has 0 unspecified atom stereocenters. The van der Waals surface area contributed by atoms with Gasteiger partial charge in [0.25, 0.3) is 5.91 Å². The van der Waals surface area contributed by atoms with E-state index in [1.165, 1.54) is 5.56 Å². The highest BCUT2D eigenvalue weighted by molar-refractivity contribution is 5.97. The molecule has 0 saturated heterocycles. The minimum atomic E-state index is -0.949. The molecule has 2 atom stereocenters. The van der Waals surface area contributed by atoms with Crippen LogP contribution in [0.1, 0.15) is 53.1 Å². The summed E-state index contributed by atoms with van der Waals surface area (Å²) in [6.07, 6.45) is 1.94. The minimum absolute atomic E-state index is 0.0701. The Bertz CT molecular complexity index is 1070. The number of nitrogens with one attached hydrogen (secondary N) is 1. The summed E-state index contributed by atoms with van der Waals surface area (Å²) in [6.45, 7) is 1.78. The first kappa shape index (κ1) is 20.2. The van der Waals surface area contributed by atoms with Crippen molar-refractivity contribution in [1.29, 1.82) is 0 Å². The summed E-state index contributed by atoms with van der Waals surface area (Å²) in [7, 11) is 1.55. The zero-order valence-corrected chi connectivity index (χ0v) is 17.1. The highest BCUT2D eigenvalue weighted by atomic mass is 16.6. The number of ether oxygens (including phenoxy) is 2. The normalized spacial score (nSPS) is 16.7. The molecule has 0 bridgehead atoms. The second-order valence-electron chi connectivity index (χ2n) is 7.54. The van der Waals surface area contributed by atoms with Crippen molar-refractivity contribution in [2.75, 3.05) is 7.11 Å². The Morgan fingerprint density at radius 2 is 1.93 bits per heavy atom. The monoisotopic (exact) mass is 407 g/mol. The van der Waals surface area contributed by atoms with E-state index in [4.69, 9.17) is 13.9 Å². The van der Waals surface area contributed by atoms with Crippen molar-refractivity contribution in [3.63, 3.8) is 0 Å². The van der Waals surface area contributed by atoms with Crippen LogP contribution >= 0.6 is 0 Å². The Labute approximate surface area is 175 Å². The zero-order chi connectivity index (χ0) is 21.1.